The van der Waals surface area contributed by atoms with Gasteiger partial charge in [-0.1, -0.05) is 0 Å². The number of rotatable bonds is 4. The second-order valence-electron chi connectivity index (χ2n) is 3.29. The Morgan fingerprint density at radius 1 is 1.31 bits per heavy atom. The van der Waals surface area contributed by atoms with E-state index in [2.05, 4.69) is 67.8 Å². The van der Waals surface area contributed by atoms with E-state index in [-0.39, 0.29) is 6.42 Å². The van der Waals surface area contributed by atoms with E-state index < -0.39 is 5.97 Å². The molecule has 0 aromatic heterocycles. The molecule has 1 aromatic carbocycles. The number of nitrogens with two attached hydrogens (primary N) is 1. The van der Waals surface area contributed by atoms with E-state index in [1.165, 1.54) is 5.56 Å². The molecular formula is C10H10I3NO2. The Kier molecular flexibility index (Phi) is 6.05. The van der Waals surface area contributed by atoms with Crippen LogP contribution in [0.3, 0.4) is 0 Å². The van der Waals surface area contributed by atoms with Gasteiger partial charge in [-0.05, 0) is 92.2 Å². The summed E-state index contributed by atoms with van der Waals surface area (Å²) in [6.45, 7) is 0. The fraction of sp³-hybridized carbons (Fsp3) is 0.300. The summed E-state index contributed by atoms with van der Waals surface area (Å²) >= 11 is 6.72. The molecule has 0 heterocycles. The normalized spacial score (nSPS) is 10.4. The molecule has 0 bridgehead atoms. The topological polar surface area (TPSA) is 63.3 Å². The second-order valence-corrected chi connectivity index (χ2v) is 6.70. The highest BCUT2D eigenvalue weighted by Crippen LogP contribution is 2.30. The number of nitrogen functional groups attached to an aromatic ring is 1. The lowest BCUT2D eigenvalue weighted by molar-refractivity contribution is -0.137. The molecule has 0 fully saturated rings. The van der Waals surface area contributed by atoms with Crippen LogP contribution < -0.4 is 5.73 Å². The Labute approximate surface area is 135 Å². The molecule has 3 nitrogen and oxygen atoms in total. The summed E-state index contributed by atoms with van der Waals surface area (Å²) in [5, 5.41) is 8.60. The SMILES string of the molecule is Nc1c(I)cc(I)c(CCCC(=O)O)c1I. The van der Waals surface area contributed by atoms with Crippen molar-refractivity contribution in [2.75, 3.05) is 5.73 Å². The molecule has 0 aliphatic rings. The average Bonchev–Trinajstić information content (AvgIpc) is 2.19. The summed E-state index contributed by atoms with van der Waals surface area (Å²) in [5.74, 6) is -0.747. The maximum atomic E-state index is 10.5. The Morgan fingerprint density at radius 2 is 1.94 bits per heavy atom. The number of carboxylic acid groups (broad SMARTS) is 1. The van der Waals surface area contributed by atoms with E-state index in [9.17, 15) is 4.79 Å². The molecule has 0 atom stereocenters. The highest BCUT2D eigenvalue weighted by molar-refractivity contribution is 14.1. The van der Waals surface area contributed by atoms with Gasteiger partial charge in [-0.15, -0.1) is 0 Å². The Bertz CT molecular complexity index is 421. The molecule has 0 saturated carbocycles. The molecule has 0 amide bonds. The number of hydrogen-bond acceptors (Lipinski definition) is 2. The zero-order valence-electron chi connectivity index (χ0n) is 8.27. The van der Waals surface area contributed by atoms with Crippen molar-refractivity contribution in [3.63, 3.8) is 0 Å². The zero-order valence-corrected chi connectivity index (χ0v) is 14.7. The Balaban J connectivity index is 2.87. The van der Waals surface area contributed by atoms with Crippen molar-refractivity contribution in [3.8, 4) is 0 Å². The minimum absolute atomic E-state index is 0.206. The summed E-state index contributed by atoms with van der Waals surface area (Å²) in [4.78, 5) is 10.5. The third-order valence-corrected chi connectivity index (χ3v) is 5.21. The highest BCUT2D eigenvalue weighted by atomic mass is 127. The van der Waals surface area contributed by atoms with Crippen molar-refractivity contribution in [1.82, 2.24) is 0 Å². The molecule has 0 aliphatic carbocycles. The lowest BCUT2D eigenvalue weighted by Crippen LogP contribution is -2.03. The number of hydrogen-bond donors (Lipinski definition) is 2. The predicted octanol–water partition coefficient (Wildman–Crippen LogP) is 3.49. The fourth-order valence-electron chi connectivity index (χ4n) is 1.29. The summed E-state index contributed by atoms with van der Waals surface area (Å²) in [7, 11) is 0. The summed E-state index contributed by atoms with van der Waals surface area (Å²) in [6.07, 6.45) is 1.63. The van der Waals surface area contributed by atoms with Crippen molar-refractivity contribution >= 4 is 79.4 Å². The van der Waals surface area contributed by atoms with Gasteiger partial charge in [-0.3, -0.25) is 4.79 Å². The van der Waals surface area contributed by atoms with Gasteiger partial charge in [0.2, 0.25) is 0 Å². The number of anilines is 1. The van der Waals surface area contributed by atoms with Gasteiger partial charge in [0.05, 0.1) is 5.69 Å². The van der Waals surface area contributed by atoms with Gasteiger partial charge in [-0.25, -0.2) is 0 Å². The van der Waals surface area contributed by atoms with Crippen LogP contribution in [0.5, 0.6) is 0 Å². The molecule has 6 heteroatoms. The largest absolute Gasteiger partial charge is 0.481 e. The lowest BCUT2D eigenvalue weighted by atomic mass is 10.1. The maximum Gasteiger partial charge on any atom is 0.303 e. The average molecular weight is 557 g/mol. The molecule has 16 heavy (non-hydrogen) atoms. The van der Waals surface area contributed by atoms with E-state index >= 15 is 0 Å². The Hall–Kier alpha value is 0.680. The van der Waals surface area contributed by atoms with E-state index in [0.717, 1.165) is 22.8 Å². The Morgan fingerprint density at radius 3 is 2.50 bits per heavy atom. The first-order valence-corrected chi connectivity index (χ1v) is 7.80. The van der Waals surface area contributed by atoms with Crippen LogP contribution in [0, 0.1) is 10.7 Å². The first-order valence-electron chi connectivity index (χ1n) is 4.57. The summed E-state index contributed by atoms with van der Waals surface area (Å²) in [6, 6.07) is 2.04. The summed E-state index contributed by atoms with van der Waals surface area (Å²) < 4.78 is 3.26. The molecule has 0 aliphatic heterocycles. The van der Waals surface area contributed by atoms with E-state index in [1.54, 1.807) is 0 Å². The van der Waals surface area contributed by atoms with Gasteiger partial charge in [0, 0.05) is 17.1 Å². The van der Waals surface area contributed by atoms with Crippen LogP contribution in [0.1, 0.15) is 18.4 Å². The van der Waals surface area contributed by atoms with Crippen LogP contribution >= 0.6 is 67.8 Å². The standard InChI is InChI=1S/C10H10I3NO2/c11-6-4-7(12)10(14)9(13)5(6)2-1-3-8(15)16/h4H,1-3,14H2,(H,15,16). The molecular weight excluding hydrogens is 547 g/mol. The molecule has 0 saturated heterocycles. The van der Waals surface area contributed by atoms with Gasteiger partial charge in [0.15, 0.2) is 0 Å². The van der Waals surface area contributed by atoms with Crippen LogP contribution in [-0.4, -0.2) is 11.1 Å². The molecule has 0 radical (unpaired) electrons. The number of benzene rings is 1. The first kappa shape index (κ1) is 14.7. The van der Waals surface area contributed by atoms with Gasteiger partial charge in [-0.2, -0.15) is 0 Å². The van der Waals surface area contributed by atoms with Crippen LogP contribution in [0.15, 0.2) is 6.07 Å². The van der Waals surface area contributed by atoms with E-state index in [0.29, 0.717) is 6.42 Å². The van der Waals surface area contributed by atoms with Gasteiger partial charge in [0.1, 0.15) is 0 Å². The van der Waals surface area contributed by atoms with Crippen molar-refractivity contribution < 1.29 is 9.90 Å². The number of halogens is 3. The lowest BCUT2D eigenvalue weighted by Gasteiger charge is -2.11. The van der Waals surface area contributed by atoms with Gasteiger partial charge in [0.25, 0.3) is 0 Å². The van der Waals surface area contributed by atoms with Crippen LogP contribution in [0.4, 0.5) is 5.69 Å². The molecule has 88 valence electrons. The third-order valence-electron chi connectivity index (χ3n) is 2.12. The second kappa shape index (κ2) is 6.57. The molecule has 1 aromatic rings. The smallest absolute Gasteiger partial charge is 0.303 e. The summed E-state index contributed by atoms with van der Waals surface area (Å²) in [5.41, 5.74) is 7.91. The first-order chi connectivity index (χ1) is 7.43. The van der Waals surface area contributed by atoms with Gasteiger partial charge >= 0.3 is 5.97 Å². The van der Waals surface area contributed by atoms with Gasteiger partial charge < -0.3 is 10.8 Å². The van der Waals surface area contributed by atoms with Crippen molar-refractivity contribution in [1.29, 1.82) is 0 Å². The minimum Gasteiger partial charge on any atom is -0.481 e. The molecule has 0 spiro atoms. The van der Waals surface area contributed by atoms with E-state index in [4.69, 9.17) is 10.8 Å². The minimum atomic E-state index is -0.747. The van der Waals surface area contributed by atoms with E-state index in [1.807, 2.05) is 6.07 Å². The van der Waals surface area contributed by atoms with Crippen molar-refractivity contribution in [2.45, 2.75) is 19.3 Å². The number of carboxylic acids is 1. The van der Waals surface area contributed by atoms with Crippen LogP contribution in [-0.2, 0) is 11.2 Å². The number of carbonyl (C=O) groups is 1. The quantitative estimate of drug-likeness (QED) is 0.441. The zero-order chi connectivity index (χ0) is 12.3. The highest BCUT2D eigenvalue weighted by Gasteiger charge is 2.11. The number of aliphatic carboxylic acids is 1. The molecule has 1 rings (SSSR count). The molecule has 0 unspecified atom stereocenters. The fourth-order valence-corrected chi connectivity index (χ4v) is 5.20. The van der Waals surface area contributed by atoms with Crippen molar-refractivity contribution in [3.05, 3.63) is 22.3 Å². The maximum absolute atomic E-state index is 10.5. The van der Waals surface area contributed by atoms with Crippen LogP contribution in [0.25, 0.3) is 0 Å². The predicted molar refractivity (Wildman–Crippen MR) is 89.6 cm³/mol. The molecule has 3 N–H and O–H groups in total. The monoisotopic (exact) mass is 557 g/mol. The van der Waals surface area contributed by atoms with Crippen molar-refractivity contribution in [2.24, 2.45) is 0 Å². The van der Waals surface area contributed by atoms with Crippen LogP contribution in [0.2, 0.25) is 0 Å². The third kappa shape index (κ3) is 3.86.